The van der Waals surface area contributed by atoms with Crippen molar-refractivity contribution in [3.63, 3.8) is 0 Å². The number of methoxy groups -OCH3 is 1. The highest BCUT2D eigenvalue weighted by Crippen LogP contribution is 2.15. The van der Waals surface area contributed by atoms with Crippen molar-refractivity contribution in [1.29, 1.82) is 0 Å². The third-order valence-corrected chi connectivity index (χ3v) is 2.21. The monoisotopic (exact) mass is 158 g/mol. The summed E-state index contributed by atoms with van der Waals surface area (Å²) in [7, 11) is 1.70. The van der Waals surface area contributed by atoms with E-state index in [1.165, 1.54) is 5.57 Å². The van der Waals surface area contributed by atoms with Gasteiger partial charge in [-0.2, -0.15) is 0 Å². The van der Waals surface area contributed by atoms with Crippen LogP contribution in [0, 0.1) is 5.92 Å². The van der Waals surface area contributed by atoms with E-state index in [1.807, 2.05) is 19.9 Å². The lowest BCUT2D eigenvalue weighted by Gasteiger charge is -2.18. The van der Waals surface area contributed by atoms with Gasteiger partial charge in [-0.3, -0.25) is 0 Å². The fourth-order valence-corrected chi connectivity index (χ4v) is 0.904. The summed E-state index contributed by atoms with van der Waals surface area (Å²) in [5, 5.41) is 8.62. The van der Waals surface area contributed by atoms with E-state index in [4.69, 9.17) is 9.84 Å². The highest BCUT2D eigenvalue weighted by Gasteiger charge is 2.11. The molecule has 2 nitrogen and oxygen atoms in total. The maximum absolute atomic E-state index is 8.62. The molecule has 0 aliphatic rings. The van der Waals surface area contributed by atoms with Crippen LogP contribution in [0.5, 0.6) is 0 Å². The third kappa shape index (κ3) is 3.54. The topological polar surface area (TPSA) is 29.5 Å². The highest BCUT2D eigenvalue weighted by atomic mass is 16.5. The second-order valence-corrected chi connectivity index (χ2v) is 2.86. The molecule has 0 aromatic rings. The van der Waals surface area contributed by atoms with Crippen LogP contribution in [0.25, 0.3) is 0 Å². The number of rotatable bonds is 4. The first kappa shape index (κ1) is 10.7. The first-order valence-corrected chi connectivity index (χ1v) is 3.93. The van der Waals surface area contributed by atoms with Gasteiger partial charge in [-0.25, -0.2) is 0 Å². The van der Waals surface area contributed by atoms with Crippen molar-refractivity contribution >= 4 is 0 Å². The number of hydrogen-bond acceptors (Lipinski definition) is 2. The summed E-state index contributed by atoms with van der Waals surface area (Å²) in [6.45, 7) is 6.25. The van der Waals surface area contributed by atoms with Crippen LogP contribution in [0.3, 0.4) is 0 Å². The zero-order chi connectivity index (χ0) is 8.85. The lowest BCUT2D eigenvalue weighted by atomic mass is 9.97. The van der Waals surface area contributed by atoms with Crippen molar-refractivity contribution in [3.05, 3.63) is 11.6 Å². The summed E-state index contributed by atoms with van der Waals surface area (Å²) in [6.07, 6.45) is 2.04. The van der Waals surface area contributed by atoms with E-state index in [-0.39, 0.29) is 12.7 Å². The summed E-state index contributed by atoms with van der Waals surface area (Å²) in [6, 6.07) is 0. The Kier molecular flexibility index (Phi) is 5.16. The molecule has 11 heavy (non-hydrogen) atoms. The van der Waals surface area contributed by atoms with Crippen LogP contribution in [0.2, 0.25) is 0 Å². The first-order valence-electron chi connectivity index (χ1n) is 3.93. The molecule has 2 heteroatoms. The molecule has 0 saturated carbocycles. The van der Waals surface area contributed by atoms with Crippen LogP contribution in [-0.4, -0.2) is 24.9 Å². The molecule has 0 spiro atoms. The standard InChI is InChI=1S/C9H18O2/c1-7(5-6-10)8(2)9(3)11-4/h5,8-10H,6H2,1-4H3/b7-5+. The van der Waals surface area contributed by atoms with Crippen LogP contribution in [0.15, 0.2) is 11.6 Å². The zero-order valence-electron chi connectivity index (χ0n) is 7.79. The minimum absolute atomic E-state index is 0.118. The Morgan fingerprint density at radius 1 is 1.55 bits per heavy atom. The maximum Gasteiger partial charge on any atom is 0.0615 e. The molecule has 0 aliphatic carbocycles. The molecular formula is C9H18O2. The van der Waals surface area contributed by atoms with Crippen molar-refractivity contribution < 1.29 is 9.84 Å². The Morgan fingerprint density at radius 2 is 2.09 bits per heavy atom. The normalized spacial score (nSPS) is 18.1. The van der Waals surface area contributed by atoms with Crippen molar-refractivity contribution in [2.24, 2.45) is 5.92 Å². The second-order valence-electron chi connectivity index (χ2n) is 2.86. The van der Waals surface area contributed by atoms with Crippen LogP contribution < -0.4 is 0 Å². The Morgan fingerprint density at radius 3 is 2.45 bits per heavy atom. The van der Waals surface area contributed by atoms with Crippen LogP contribution >= 0.6 is 0 Å². The van der Waals surface area contributed by atoms with Gasteiger partial charge in [0.05, 0.1) is 12.7 Å². The second kappa shape index (κ2) is 5.33. The number of aliphatic hydroxyl groups is 1. The minimum atomic E-state index is 0.118. The molecule has 0 heterocycles. The Balaban J connectivity index is 4.00. The van der Waals surface area contributed by atoms with Gasteiger partial charge in [-0.1, -0.05) is 18.6 Å². The fraction of sp³-hybridized carbons (Fsp3) is 0.778. The van der Waals surface area contributed by atoms with E-state index in [1.54, 1.807) is 7.11 Å². The average molecular weight is 158 g/mol. The average Bonchev–Trinajstić information content (AvgIpc) is 2.02. The van der Waals surface area contributed by atoms with Gasteiger partial charge in [0, 0.05) is 13.0 Å². The van der Waals surface area contributed by atoms with E-state index in [0.717, 1.165) is 0 Å². The predicted molar refractivity (Wildman–Crippen MR) is 46.5 cm³/mol. The van der Waals surface area contributed by atoms with Crippen LogP contribution in [-0.2, 0) is 4.74 Å². The van der Waals surface area contributed by atoms with E-state index in [0.29, 0.717) is 5.92 Å². The van der Waals surface area contributed by atoms with Crippen molar-refractivity contribution in [2.45, 2.75) is 26.9 Å². The summed E-state index contributed by atoms with van der Waals surface area (Å²) >= 11 is 0. The molecule has 2 unspecified atom stereocenters. The fourth-order valence-electron chi connectivity index (χ4n) is 0.904. The number of hydrogen-bond donors (Lipinski definition) is 1. The molecule has 0 fully saturated rings. The SMILES string of the molecule is COC(C)C(C)/C(C)=C/CO. The molecule has 0 aliphatic heterocycles. The quantitative estimate of drug-likeness (QED) is 0.630. The largest absolute Gasteiger partial charge is 0.392 e. The maximum atomic E-state index is 8.62. The molecule has 1 N–H and O–H groups in total. The zero-order valence-corrected chi connectivity index (χ0v) is 7.79. The molecule has 0 aromatic heterocycles. The number of aliphatic hydroxyl groups excluding tert-OH is 1. The van der Waals surface area contributed by atoms with Gasteiger partial charge in [0.2, 0.25) is 0 Å². The van der Waals surface area contributed by atoms with Gasteiger partial charge < -0.3 is 9.84 Å². The van der Waals surface area contributed by atoms with Crippen molar-refractivity contribution in [2.75, 3.05) is 13.7 Å². The third-order valence-electron chi connectivity index (χ3n) is 2.21. The summed E-state index contributed by atoms with van der Waals surface area (Å²) in [4.78, 5) is 0. The first-order chi connectivity index (χ1) is 5.13. The Labute approximate surface area is 68.9 Å². The van der Waals surface area contributed by atoms with Gasteiger partial charge in [0.25, 0.3) is 0 Å². The van der Waals surface area contributed by atoms with E-state index < -0.39 is 0 Å². The highest BCUT2D eigenvalue weighted by molar-refractivity contribution is 5.03. The lowest BCUT2D eigenvalue weighted by Crippen LogP contribution is -2.17. The van der Waals surface area contributed by atoms with Crippen LogP contribution in [0.1, 0.15) is 20.8 Å². The predicted octanol–water partition coefficient (Wildman–Crippen LogP) is 1.60. The van der Waals surface area contributed by atoms with E-state index in [2.05, 4.69) is 6.92 Å². The lowest BCUT2D eigenvalue weighted by molar-refractivity contribution is 0.0859. The molecule has 0 rings (SSSR count). The van der Waals surface area contributed by atoms with Crippen molar-refractivity contribution in [1.82, 2.24) is 0 Å². The summed E-state index contributed by atoms with van der Waals surface area (Å²) < 4.78 is 5.16. The van der Waals surface area contributed by atoms with Crippen LogP contribution in [0.4, 0.5) is 0 Å². The minimum Gasteiger partial charge on any atom is -0.392 e. The smallest absolute Gasteiger partial charge is 0.0615 e. The molecule has 2 atom stereocenters. The molecule has 0 amide bonds. The van der Waals surface area contributed by atoms with E-state index >= 15 is 0 Å². The van der Waals surface area contributed by atoms with Gasteiger partial charge in [0.15, 0.2) is 0 Å². The molecule has 0 aromatic carbocycles. The van der Waals surface area contributed by atoms with E-state index in [9.17, 15) is 0 Å². The molecule has 0 saturated heterocycles. The van der Waals surface area contributed by atoms with Crippen molar-refractivity contribution in [3.8, 4) is 0 Å². The Hall–Kier alpha value is -0.340. The molecule has 0 radical (unpaired) electrons. The summed E-state index contributed by atoms with van der Waals surface area (Å²) in [5.74, 6) is 0.382. The molecular weight excluding hydrogens is 140 g/mol. The number of ether oxygens (including phenoxy) is 1. The van der Waals surface area contributed by atoms with Gasteiger partial charge in [0.1, 0.15) is 0 Å². The molecule has 0 bridgehead atoms. The Bertz CT molecular complexity index is 130. The van der Waals surface area contributed by atoms with Gasteiger partial charge in [-0.05, 0) is 13.8 Å². The van der Waals surface area contributed by atoms with Gasteiger partial charge in [-0.15, -0.1) is 0 Å². The summed E-state index contributed by atoms with van der Waals surface area (Å²) in [5.41, 5.74) is 1.18. The molecule has 66 valence electrons. The van der Waals surface area contributed by atoms with Gasteiger partial charge >= 0.3 is 0 Å².